The first-order valence-electron chi connectivity index (χ1n) is 15.0. The summed E-state index contributed by atoms with van der Waals surface area (Å²) < 4.78 is 47.0. The number of ether oxygens (including phenoxy) is 2. The van der Waals surface area contributed by atoms with Gasteiger partial charge in [0.2, 0.25) is 0 Å². The maximum Gasteiger partial charge on any atom is 0.573 e. The number of piperidine rings is 1. The van der Waals surface area contributed by atoms with E-state index in [4.69, 9.17) is 10.5 Å². The molecule has 2 amide bonds. The van der Waals surface area contributed by atoms with E-state index in [0.29, 0.717) is 52.1 Å². The van der Waals surface area contributed by atoms with E-state index < -0.39 is 12.1 Å². The molecule has 0 spiro atoms. The maximum atomic E-state index is 13.1. The quantitative estimate of drug-likeness (QED) is 0.273. The molecular weight excluding hydrogens is 601 g/mol. The summed E-state index contributed by atoms with van der Waals surface area (Å²) in [7, 11) is 0. The zero-order valence-corrected chi connectivity index (χ0v) is 24.9. The van der Waals surface area contributed by atoms with E-state index in [1.54, 1.807) is 16.1 Å². The van der Waals surface area contributed by atoms with Crippen molar-refractivity contribution in [2.75, 3.05) is 49.9 Å². The fourth-order valence-electron chi connectivity index (χ4n) is 6.01. The molecule has 10 nitrogen and oxygen atoms in total. The number of fused-ring (bicyclic) bond motifs is 1. The Morgan fingerprint density at radius 1 is 0.870 bits per heavy atom. The summed E-state index contributed by atoms with van der Waals surface area (Å²) in [6, 6.07) is 19.1. The Bertz CT molecular complexity index is 1710. The number of piperazine rings is 1. The molecule has 13 heteroatoms. The number of likely N-dealkylation sites (tertiary alicyclic amines) is 1. The second-order valence-corrected chi connectivity index (χ2v) is 11.3. The minimum Gasteiger partial charge on any atom is -0.445 e. The van der Waals surface area contributed by atoms with Crippen molar-refractivity contribution < 1.29 is 32.2 Å². The van der Waals surface area contributed by atoms with E-state index in [9.17, 15) is 22.8 Å². The highest BCUT2D eigenvalue weighted by Gasteiger charge is 2.32. The molecule has 0 aliphatic carbocycles. The van der Waals surface area contributed by atoms with Crippen LogP contribution in [-0.2, 0) is 11.3 Å². The lowest BCUT2D eigenvalue weighted by atomic mass is 9.90. The van der Waals surface area contributed by atoms with Crippen molar-refractivity contribution in [3.63, 3.8) is 0 Å². The van der Waals surface area contributed by atoms with Crippen molar-refractivity contribution in [2.24, 2.45) is 0 Å². The maximum absolute atomic E-state index is 13.1. The van der Waals surface area contributed by atoms with Crippen molar-refractivity contribution in [3.05, 3.63) is 89.9 Å². The van der Waals surface area contributed by atoms with Gasteiger partial charge in [0, 0.05) is 68.0 Å². The zero-order chi connectivity index (χ0) is 32.3. The Kier molecular flexibility index (Phi) is 8.82. The van der Waals surface area contributed by atoms with E-state index in [-0.39, 0.29) is 35.8 Å². The monoisotopic (exact) mass is 634 g/mol. The third kappa shape index (κ3) is 7.08. The number of nitrogens with two attached hydrogens (primary N) is 1. The van der Waals surface area contributed by atoms with Gasteiger partial charge in [-0.3, -0.25) is 4.79 Å². The number of nitrogen functional groups attached to an aromatic ring is 1. The van der Waals surface area contributed by atoms with Gasteiger partial charge in [-0.2, -0.15) is 0 Å². The van der Waals surface area contributed by atoms with Gasteiger partial charge in [-0.1, -0.05) is 30.3 Å². The van der Waals surface area contributed by atoms with Crippen molar-refractivity contribution in [1.82, 2.24) is 19.8 Å². The van der Waals surface area contributed by atoms with Crippen LogP contribution in [-0.4, -0.2) is 77.4 Å². The number of halogens is 3. The third-order valence-corrected chi connectivity index (χ3v) is 8.41. The van der Waals surface area contributed by atoms with Crippen molar-refractivity contribution in [1.29, 1.82) is 0 Å². The van der Waals surface area contributed by atoms with Crippen LogP contribution in [0.2, 0.25) is 0 Å². The third-order valence-electron chi connectivity index (χ3n) is 8.41. The molecule has 2 aliphatic rings. The Morgan fingerprint density at radius 3 is 2.30 bits per heavy atom. The SMILES string of the molecule is Nc1cc(OC(F)(F)F)ccc1C(=O)N1CCC(c2ncnc3cc(N4CCN(C(=O)OCc5ccccc5)CC4)ccc23)CC1. The minimum absolute atomic E-state index is 0.0733. The number of carbonyl (C=O) groups excluding carboxylic acids is 2. The molecule has 240 valence electrons. The van der Waals surface area contributed by atoms with Crippen LogP contribution in [0.15, 0.2) is 73.1 Å². The second-order valence-electron chi connectivity index (χ2n) is 11.3. The van der Waals surface area contributed by atoms with Crippen LogP contribution in [0, 0.1) is 0 Å². The topological polar surface area (TPSA) is 114 Å². The number of amides is 2. The number of rotatable bonds is 6. The summed E-state index contributed by atoms with van der Waals surface area (Å²) in [5, 5.41) is 0.948. The molecule has 2 N–H and O–H groups in total. The van der Waals surface area contributed by atoms with Crippen LogP contribution >= 0.6 is 0 Å². The van der Waals surface area contributed by atoms with Crippen LogP contribution in [0.3, 0.4) is 0 Å². The molecule has 0 atom stereocenters. The molecule has 1 aromatic heterocycles. The summed E-state index contributed by atoms with van der Waals surface area (Å²) in [4.78, 5) is 40.5. The lowest BCUT2D eigenvalue weighted by Crippen LogP contribution is -2.48. The fourth-order valence-corrected chi connectivity index (χ4v) is 6.01. The molecule has 2 fully saturated rings. The van der Waals surface area contributed by atoms with E-state index in [1.165, 1.54) is 6.07 Å². The zero-order valence-electron chi connectivity index (χ0n) is 24.9. The van der Waals surface area contributed by atoms with Crippen LogP contribution in [0.5, 0.6) is 5.75 Å². The summed E-state index contributed by atoms with van der Waals surface area (Å²) in [5.74, 6) is -0.706. The van der Waals surface area contributed by atoms with E-state index in [2.05, 4.69) is 19.6 Å². The molecule has 0 saturated carbocycles. The summed E-state index contributed by atoms with van der Waals surface area (Å²) >= 11 is 0. The fraction of sp³-hybridized carbons (Fsp3) is 0.333. The molecule has 2 aliphatic heterocycles. The number of anilines is 2. The van der Waals surface area contributed by atoms with Gasteiger partial charge in [0.25, 0.3) is 5.91 Å². The number of hydrogen-bond acceptors (Lipinski definition) is 8. The van der Waals surface area contributed by atoms with Crippen molar-refractivity contribution in [3.8, 4) is 5.75 Å². The lowest BCUT2D eigenvalue weighted by molar-refractivity contribution is -0.274. The summed E-state index contributed by atoms with van der Waals surface area (Å²) in [6.45, 7) is 3.58. The van der Waals surface area contributed by atoms with Crippen molar-refractivity contribution in [2.45, 2.75) is 31.7 Å². The van der Waals surface area contributed by atoms with Gasteiger partial charge < -0.3 is 29.9 Å². The Hall–Kier alpha value is -5.07. The number of benzene rings is 3. The second kappa shape index (κ2) is 13.1. The van der Waals surface area contributed by atoms with E-state index in [1.807, 2.05) is 48.5 Å². The van der Waals surface area contributed by atoms with Gasteiger partial charge in [0.05, 0.1) is 16.8 Å². The molecule has 4 aromatic rings. The molecule has 0 bridgehead atoms. The van der Waals surface area contributed by atoms with E-state index in [0.717, 1.165) is 40.0 Å². The normalized spacial score (nSPS) is 16.0. The predicted octanol–water partition coefficient (Wildman–Crippen LogP) is 5.59. The Morgan fingerprint density at radius 2 is 1.61 bits per heavy atom. The highest BCUT2D eigenvalue weighted by molar-refractivity contribution is 5.99. The average Bonchev–Trinajstić information content (AvgIpc) is 3.06. The smallest absolute Gasteiger partial charge is 0.445 e. The largest absolute Gasteiger partial charge is 0.573 e. The molecule has 3 heterocycles. The standard InChI is InChI=1S/C33H33F3N6O4/c34-33(35,36)46-25-7-9-26(28(37)19-25)31(43)41-12-10-23(11-13-41)30-27-8-6-24(18-29(27)38-21-39-30)40-14-16-42(17-15-40)32(44)45-20-22-4-2-1-3-5-22/h1-9,18-19,21,23H,10-17,20,37H2. The summed E-state index contributed by atoms with van der Waals surface area (Å²) in [5.41, 5.74) is 9.67. The molecule has 2 saturated heterocycles. The summed E-state index contributed by atoms with van der Waals surface area (Å²) in [6.07, 6.45) is -2.27. The first-order valence-corrected chi connectivity index (χ1v) is 15.0. The molecule has 3 aromatic carbocycles. The van der Waals surface area contributed by atoms with Crippen LogP contribution < -0.4 is 15.4 Å². The number of nitrogens with zero attached hydrogens (tertiary/aromatic N) is 5. The van der Waals surface area contributed by atoms with Crippen LogP contribution in [0.1, 0.15) is 40.4 Å². The Labute approximate surface area is 263 Å². The molecular formula is C33H33F3N6O4. The van der Waals surface area contributed by atoms with Gasteiger partial charge in [-0.25, -0.2) is 14.8 Å². The molecule has 0 unspecified atom stereocenters. The predicted molar refractivity (Wildman–Crippen MR) is 165 cm³/mol. The Balaban J connectivity index is 1.05. The number of aromatic nitrogens is 2. The van der Waals surface area contributed by atoms with Crippen molar-refractivity contribution >= 4 is 34.3 Å². The highest BCUT2D eigenvalue weighted by Crippen LogP contribution is 2.34. The molecule has 46 heavy (non-hydrogen) atoms. The lowest BCUT2D eigenvalue weighted by Gasteiger charge is -2.35. The number of hydrogen-bond donors (Lipinski definition) is 1. The number of carbonyl (C=O) groups is 2. The first kappa shape index (κ1) is 30.9. The van der Waals surface area contributed by atoms with Crippen LogP contribution in [0.25, 0.3) is 10.9 Å². The van der Waals surface area contributed by atoms with Gasteiger partial charge in [0.1, 0.15) is 18.7 Å². The first-order chi connectivity index (χ1) is 22.1. The van der Waals surface area contributed by atoms with E-state index >= 15 is 0 Å². The van der Waals surface area contributed by atoms with Gasteiger partial charge in [0.15, 0.2) is 0 Å². The molecule has 6 rings (SSSR count). The van der Waals surface area contributed by atoms with Gasteiger partial charge in [-0.15, -0.1) is 13.2 Å². The number of alkyl halides is 3. The van der Waals surface area contributed by atoms with Gasteiger partial charge in [-0.05, 0) is 48.7 Å². The minimum atomic E-state index is -4.84. The highest BCUT2D eigenvalue weighted by atomic mass is 19.4. The van der Waals surface area contributed by atoms with Gasteiger partial charge >= 0.3 is 12.5 Å². The molecule has 0 radical (unpaired) electrons. The van der Waals surface area contributed by atoms with Crippen LogP contribution in [0.4, 0.5) is 29.3 Å². The average molecular weight is 635 g/mol.